The maximum atomic E-state index is 12.9. The number of ether oxygens (including phenoxy) is 3. The van der Waals surface area contributed by atoms with Gasteiger partial charge in [0.2, 0.25) is 5.91 Å². The van der Waals surface area contributed by atoms with Crippen LogP contribution in [-0.2, 0) is 14.4 Å². The summed E-state index contributed by atoms with van der Waals surface area (Å²) in [4.78, 5) is 37.5. The van der Waals surface area contributed by atoms with Gasteiger partial charge in [-0.3, -0.25) is 19.7 Å². The van der Waals surface area contributed by atoms with Gasteiger partial charge < -0.3 is 14.2 Å². The highest BCUT2D eigenvalue weighted by Crippen LogP contribution is 2.31. The highest BCUT2D eigenvalue weighted by atomic mass is 16.5. The molecule has 0 bridgehead atoms. The van der Waals surface area contributed by atoms with Gasteiger partial charge in [0.25, 0.3) is 5.91 Å². The van der Waals surface area contributed by atoms with Crippen molar-refractivity contribution >= 4 is 23.7 Å². The molecule has 1 heterocycles. The van der Waals surface area contributed by atoms with E-state index in [1.54, 1.807) is 42.5 Å². The molecule has 0 radical (unpaired) electrons. The molecule has 2 amide bonds. The highest BCUT2D eigenvalue weighted by Gasteiger charge is 2.39. The fraction of sp³-hybridized carbons (Fsp3) is 0.190. The van der Waals surface area contributed by atoms with Gasteiger partial charge in [-0.2, -0.15) is 0 Å². The van der Waals surface area contributed by atoms with Crippen molar-refractivity contribution in [1.82, 2.24) is 5.32 Å². The summed E-state index contributed by atoms with van der Waals surface area (Å²) in [7, 11) is 4.53. The second-order valence-corrected chi connectivity index (χ2v) is 6.06. The van der Waals surface area contributed by atoms with Crippen molar-refractivity contribution in [3.05, 3.63) is 59.2 Å². The molecule has 0 spiro atoms. The number of Topliss-reactive ketones (excluding diaryl/α,β-unsaturated/α-hetero) is 1. The van der Waals surface area contributed by atoms with Gasteiger partial charge in [0.15, 0.2) is 17.3 Å². The van der Waals surface area contributed by atoms with Crippen molar-refractivity contribution in [1.29, 1.82) is 0 Å². The Labute approximate surface area is 161 Å². The van der Waals surface area contributed by atoms with Gasteiger partial charge >= 0.3 is 0 Å². The number of hydrogen-bond donors (Lipinski definition) is 1. The number of amides is 2. The maximum absolute atomic E-state index is 12.9. The Balaban J connectivity index is 1.98. The fourth-order valence-electron chi connectivity index (χ4n) is 2.98. The van der Waals surface area contributed by atoms with Gasteiger partial charge in [0.1, 0.15) is 11.7 Å². The quantitative estimate of drug-likeness (QED) is 0.369. The largest absolute Gasteiger partial charge is 0.497 e. The van der Waals surface area contributed by atoms with E-state index in [2.05, 4.69) is 5.32 Å². The highest BCUT2D eigenvalue weighted by molar-refractivity contribution is 6.36. The first-order valence-electron chi connectivity index (χ1n) is 8.45. The maximum Gasteiger partial charge on any atom is 0.261 e. The van der Waals surface area contributed by atoms with Gasteiger partial charge in [0.05, 0.1) is 26.9 Å². The summed E-state index contributed by atoms with van der Waals surface area (Å²) < 4.78 is 15.5. The number of hydrogen-bond acceptors (Lipinski definition) is 6. The van der Waals surface area contributed by atoms with Crippen LogP contribution in [0, 0.1) is 0 Å². The zero-order valence-electron chi connectivity index (χ0n) is 15.6. The number of ketones is 1. The van der Waals surface area contributed by atoms with Gasteiger partial charge in [-0.1, -0.05) is 18.2 Å². The van der Waals surface area contributed by atoms with Crippen LogP contribution in [-0.4, -0.2) is 38.9 Å². The fourth-order valence-corrected chi connectivity index (χ4v) is 2.98. The van der Waals surface area contributed by atoms with Crippen LogP contribution in [0.15, 0.2) is 48.0 Å². The van der Waals surface area contributed by atoms with Crippen molar-refractivity contribution in [2.45, 2.75) is 5.92 Å². The number of rotatable bonds is 5. The second-order valence-electron chi connectivity index (χ2n) is 6.06. The van der Waals surface area contributed by atoms with Crippen LogP contribution in [0.3, 0.4) is 0 Å². The van der Waals surface area contributed by atoms with Crippen molar-refractivity contribution in [2.75, 3.05) is 21.3 Å². The molecule has 0 aromatic heterocycles. The Morgan fingerprint density at radius 2 is 1.54 bits per heavy atom. The van der Waals surface area contributed by atoms with Crippen LogP contribution >= 0.6 is 0 Å². The van der Waals surface area contributed by atoms with E-state index in [1.165, 1.54) is 27.4 Å². The average molecular weight is 381 g/mol. The minimum Gasteiger partial charge on any atom is -0.497 e. The lowest BCUT2D eigenvalue weighted by molar-refractivity contribution is -0.136. The van der Waals surface area contributed by atoms with Crippen LogP contribution in [0.4, 0.5) is 0 Å². The molecule has 0 saturated carbocycles. The minimum atomic E-state index is -1.10. The molecule has 2 aromatic rings. The zero-order valence-corrected chi connectivity index (χ0v) is 15.6. The van der Waals surface area contributed by atoms with Crippen molar-refractivity contribution in [2.24, 2.45) is 0 Å². The van der Waals surface area contributed by atoms with Crippen molar-refractivity contribution in [3.63, 3.8) is 0 Å². The summed E-state index contributed by atoms with van der Waals surface area (Å²) in [5, 5.41) is 2.25. The third-order valence-electron chi connectivity index (χ3n) is 4.44. The van der Waals surface area contributed by atoms with Gasteiger partial charge in [-0.25, -0.2) is 0 Å². The molecule has 1 aliphatic rings. The Kier molecular flexibility index (Phi) is 5.44. The van der Waals surface area contributed by atoms with Crippen LogP contribution in [0.1, 0.15) is 17.0 Å². The van der Waals surface area contributed by atoms with E-state index in [1.807, 2.05) is 0 Å². The molecule has 1 aliphatic heterocycles. The van der Waals surface area contributed by atoms with Gasteiger partial charge in [-0.15, -0.1) is 0 Å². The van der Waals surface area contributed by atoms with Crippen molar-refractivity contribution < 1.29 is 28.6 Å². The molecular weight excluding hydrogens is 362 g/mol. The molecule has 1 N–H and O–H groups in total. The van der Waals surface area contributed by atoms with Crippen molar-refractivity contribution in [3.8, 4) is 17.2 Å². The summed E-state index contributed by atoms with van der Waals surface area (Å²) in [6.07, 6.45) is 1.43. The molecule has 1 atom stereocenters. The molecule has 1 unspecified atom stereocenters. The van der Waals surface area contributed by atoms with E-state index >= 15 is 0 Å². The lowest BCUT2D eigenvalue weighted by Crippen LogP contribution is -2.46. The molecule has 144 valence electrons. The van der Waals surface area contributed by atoms with Gasteiger partial charge in [-0.05, 0) is 41.5 Å². The first-order valence-corrected chi connectivity index (χ1v) is 8.45. The molecular formula is C21H19NO6. The number of benzene rings is 2. The number of carbonyl (C=O) groups excluding carboxylic acids is 3. The van der Waals surface area contributed by atoms with E-state index in [-0.39, 0.29) is 5.57 Å². The number of piperidine rings is 1. The van der Waals surface area contributed by atoms with E-state index in [0.717, 1.165) is 0 Å². The smallest absolute Gasteiger partial charge is 0.261 e. The molecule has 28 heavy (non-hydrogen) atoms. The zero-order chi connectivity index (χ0) is 20.3. The normalized spacial score (nSPS) is 18.0. The number of nitrogens with one attached hydrogen (secondary N) is 1. The van der Waals surface area contributed by atoms with Crippen LogP contribution in [0.2, 0.25) is 0 Å². The van der Waals surface area contributed by atoms with E-state index in [0.29, 0.717) is 28.4 Å². The SMILES string of the molecule is COc1ccc(C2C(=O)NC(=O)C(=Cc3ccc(OC)c(OC)c3)C2=O)cc1. The van der Waals surface area contributed by atoms with E-state index < -0.39 is 23.5 Å². The number of methoxy groups -OCH3 is 3. The summed E-state index contributed by atoms with van der Waals surface area (Å²) in [5.74, 6) is -1.45. The summed E-state index contributed by atoms with van der Waals surface area (Å²) in [6, 6.07) is 11.6. The Bertz CT molecular complexity index is 961. The summed E-state index contributed by atoms with van der Waals surface area (Å²) in [5.41, 5.74) is 0.945. The predicted octanol–water partition coefficient (Wildman–Crippen LogP) is 2.11. The third-order valence-corrected chi connectivity index (χ3v) is 4.44. The molecule has 0 aliphatic carbocycles. The monoisotopic (exact) mass is 381 g/mol. The van der Waals surface area contributed by atoms with Crippen LogP contribution < -0.4 is 19.5 Å². The lowest BCUT2D eigenvalue weighted by Gasteiger charge is -2.22. The lowest BCUT2D eigenvalue weighted by atomic mass is 9.85. The second kappa shape index (κ2) is 7.96. The van der Waals surface area contributed by atoms with Crippen LogP contribution in [0.25, 0.3) is 6.08 Å². The standard InChI is InChI=1S/C21H19NO6/c1-26-14-7-5-13(6-8-14)18-19(23)15(20(24)22-21(18)25)10-12-4-9-16(27-2)17(11-12)28-3/h4-11,18H,1-3H3,(H,22,24,25). The van der Waals surface area contributed by atoms with E-state index in [9.17, 15) is 14.4 Å². The average Bonchev–Trinajstić information content (AvgIpc) is 2.71. The van der Waals surface area contributed by atoms with Crippen LogP contribution in [0.5, 0.6) is 17.2 Å². The molecule has 2 aromatic carbocycles. The predicted molar refractivity (Wildman–Crippen MR) is 101 cm³/mol. The molecule has 1 saturated heterocycles. The molecule has 3 rings (SSSR count). The third kappa shape index (κ3) is 3.59. The topological polar surface area (TPSA) is 90.9 Å². The Morgan fingerprint density at radius 3 is 2.14 bits per heavy atom. The minimum absolute atomic E-state index is 0.104. The number of carbonyl (C=O) groups is 3. The van der Waals surface area contributed by atoms with E-state index in [4.69, 9.17) is 14.2 Å². The summed E-state index contributed by atoms with van der Waals surface area (Å²) in [6.45, 7) is 0. The Hall–Kier alpha value is -3.61. The first-order chi connectivity index (χ1) is 13.5. The summed E-state index contributed by atoms with van der Waals surface area (Å²) >= 11 is 0. The first kappa shape index (κ1) is 19.2. The molecule has 7 heteroatoms. The van der Waals surface area contributed by atoms with Gasteiger partial charge in [0, 0.05) is 0 Å². The molecule has 7 nitrogen and oxygen atoms in total. The number of imide groups is 1. The Morgan fingerprint density at radius 1 is 0.857 bits per heavy atom. The molecule has 1 fully saturated rings.